The fourth-order valence-corrected chi connectivity index (χ4v) is 4.51. The zero-order valence-corrected chi connectivity index (χ0v) is 16.6. The predicted octanol–water partition coefficient (Wildman–Crippen LogP) is 3.42. The molecule has 2 aromatic heterocycles. The molecule has 26 heavy (non-hydrogen) atoms. The summed E-state index contributed by atoms with van der Waals surface area (Å²) in [6, 6.07) is 12.0. The molecule has 1 aromatic carbocycles. The Bertz CT molecular complexity index is 933. The fraction of sp³-hybridized carbons (Fsp3) is 0.316. The Morgan fingerprint density at radius 2 is 1.88 bits per heavy atom. The van der Waals surface area contributed by atoms with Gasteiger partial charge in [0.25, 0.3) is 0 Å². The maximum absolute atomic E-state index is 12.5. The van der Waals surface area contributed by atoms with Crippen molar-refractivity contribution in [1.82, 2.24) is 14.5 Å². The molecule has 0 atom stereocenters. The van der Waals surface area contributed by atoms with E-state index >= 15 is 0 Å². The lowest BCUT2D eigenvalue weighted by atomic mass is 10.2. The van der Waals surface area contributed by atoms with Crippen molar-refractivity contribution in [2.75, 3.05) is 12.8 Å². The third-order valence-corrected chi connectivity index (χ3v) is 6.58. The van der Waals surface area contributed by atoms with E-state index in [1.165, 1.54) is 5.56 Å². The van der Waals surface area contributed by atoms with Crippen molar-refractivity contribution >= 4 is 21.2 Å². The third kappa shape index (κ3) is 4.41. The van der Waals surface area contributed by atoms with Crippen LogP contribution in [0.4, 0.5) is 0 Å². The molecule has 0 aliphatic heterocycles. The number of thiophene rings is 1. The van der Waals surface area contributed by atoms with E-state index in [9.17, 15) is 8.42 Å². The number of hydrogen-bond donors (Lipinski definition) is 0. The van der Waals surface area contributed by atoms with Gasteiger partial charge in [-0.25, -0.2) is 13.4 Å². The molecule has 0 N–H and O–H groups in total. The highest BCUT2D eigenvalue weighted by atomic mass is 32.2. The molecule has 0 saturated carbocycles. The lowest BCUT2D eigenvalue weighted by Gasteiger charge is -2.18. The van der Waals surface area contributed by atoms with Gasteiger partial charge in [-0.05, 0) is 35.0 Å². The van der Waals surface area contributed by atoms with Gasteiger partial charge in [0.15, 0.2) is 0 Å². The Morgan fingerprint density at radius 1 is 1.12 bits per heavy atom. The smallest absolute Gasteiger partial charge is 0.228 e. The lowest BCUT2D eigenvalue weighted by molar-refractivity contribution is 0.309. The highest BCUT2D eigenvalue weighted by Gasteiger charge is 2.22. The van der Waals surface area contributed by atoms with E-state index in [4.69, 9.17) is 0 Å². The van der Waals surface area contributed by atoms with E-state index in [0.717, 1.165) is 17.8 Å². The molecule has 5 nitrogen and oxygen atoms in total. The summed E-state index contributed by atoms with van der Waals surface area (Å²) < 4.78 is 26.8. The fourth-order valence-electron chi connectivity index (χ4n) is 2.86. The number of imidazole rings is 1. The van der Waals surface area contributed by atoms with Crippen LogP contribution in [0.15, 0.2) is 58.5 Å². The summed E-state index contributed by atoms with van der Waals surface area (Å²) in [5.74, 6) is 0.0446. The van der Waals surface area contributed by atoms with Crippen LogP contribution < -0.4 is 0 Å². The van der Waals surface area contributed by atoms with Crippen LogP contribution in [0.25, 0.3) is 0 Å². The first kappa shape index (κ1) is 18.8. The first-order valence-corrected chi connectivity index (χ1v) is 11.1. The van der Waals surface area contributed by atoms with Gasteiger partial charge in [-0.1, -0.05) is 37.3 Å². The van der Waals surface area contributed by atoms with Crippen LogP contribution in [0.3, 0.4) is 0 Å². The van der Waals surface area contributed by atoms with Gasteiger partial charge >= 0.3 is 0 Å². The Balaban J connectivity index is 1.89. The van der Waals surface area contributed by atoms with E-state index in [1.54, 1.807) is 24.5 Å². The van der Waals surface area contributed by atoms with Crippen molar-refractivity contribution in [3.63, 3.8) is 0 Å². The Kier molecular flexibility index (Phi) is 5.90. The van der Waals surface area contributed by atoms with Crippen LogP contribution in [0.1, 0.15) is 23.7 Å². The first-order valence-electron chi connectivity index (χ1n) is 8.50. The van der Waals surface area contributed by atoms with Crippen molar-refractivity contribution < 1.29 is 8.42 Å². The molecule has 7 heteroatoms. The van der Waals surface area contributed by atoms with Gasteiger partial charge in [0.2, 0.25) is 15.0 Å². The molecule has 0 aliphatic carbocycles. The van der Waals surface area contributed by atoms with Gasteiger partial charge in [0, 0.05) is 13.1 Å². The van der Waals surface area contributed by atoms with Crippen LogP contribution in [0.2, 0.25) is 0 Å². The largest absolute Gasteiger partial charge is 0.313 e. The molecule has 0 radical (unpaired) electrons. The number of rotatable bonds is 8. The highest BCUT2D eigenvalue weighted by Crippen LogP contribution is 2.18. The van der Waals surface area contributed by atoms with Gasteiger partial charge in [0.05, 0.1) is 24.2 Å². The van der Waals surface area contributed by atoms with Gasteiger partial charge < -0.3 is 4.57 Å². The summed E-state index contributed by atoms with van der Waals surface area (Å²) in [6.45, 7) is 3.60. The van der Waals surface area contributed by atoms with Crippen LogP contribution in [0.5, 0.6) is 0 Å². The van der Waals surface area contributed by atoms with Gasteiger partial charge in [0.1, 0.15) is 0 Å². The minimum absolute atomic E-state index is 0.0446. The quantitative estimate of drug-likeness (QED) is 0.592. The van der Waals surface area contributed by atoms with Crippen molar-refractivity contribution in [2.24, 2.45) is 0 Å². The Morgan fingerprint density at radius 3 is 2.54 bits per heavy atom. The number of aromatic nitrogens is 2. The molecular formula is C19H23N3O2S2. The molecule has 138 valence electrons. The zero-order valence-electron chi connectivity index (χ0n) is 15.0. The summed E-state index contributed by atoms with van der Waals surface area (Å²) >= 11 is 1.68. The van der Waals surface area contributed by atoms with E-state index in [0.29, 0.717) is 13.1 Å². The SMILES string of the molecule is CCS(=O)(=O)c1ncc(CN(C)Cc2ccsc2)n1Cc1ccccc1. The molecular weight excluding hydrogens is 366 g/mol. The molecule has 0 fully saturated rings. The first-order chi connectivity index (χ1) is 12.5. The van der Waals surface area contributed by atoms with Crippen LogP contribution in [-0.4, -0.2) is 35.7 Å². The third-order valence-electron chi connectivity index (χ3n) is 4.21. The van der Waals surface area contributed by atoms with Crippen LogP contribution in [0, 0.1) is 0 Å². The van der Waals surface area contributed by atoms with E-state index in [2.05, 4.69) is 26.7 Å². The second-order valence-electron chi connectivity index (χ2n) is 6.31. The maximum Gasteiger partial charge on any atom is 0.228 e. The number of hydrogen-bond acceptors (Lipinski definition) is 5. The summed E-state index contributed by atoms with van der Waals surface area (Å²) in [7, 11) is -1.35. The van der Waals surface area contributed by atoms with E-state index in [1.807, 2.05) is 41.9 Å². The predicted molar refractivity (Wildman–Crippen MR) is 105 cm³/mol. The molecule has 3 aromatic rings. The molecule has 0 saturated heterocycles. The average Bonchev–Trinajstić information content (AvgIpc) is 3.27. The number of sulfone groups is 1. The van der Waals surface area contributed by atoms with Crippen LogP contribution in [-0.2, 0) is 29.5 Å². The second kappa shape index (κ2) is 8.16. The molecule has 0 spiro atoms. The maximum atomic E-state index is 12.5. The van der Waals surface area contributed by atoms with Crippen molar-refractivity contribution in [3.05, 3.63) is 70.2 Å². The Labute approximate surface area is 158 Å². The van der Waals surface area contributed by atoms with Crippen molar-refractivity contribution in [2.45, 2.75) is 31.7 Å². The molecule has 0 aliphatic rings. The average molecular weight is 390 g/mol. The standard InChI is InChI=1S/C19H23N3O2S2/c1-3-26(23,24)19-20-11-18(14-21(2)12-17-9-10-25-15-17)22(19)13-16-7-5-4-6-8-16/h4-11,15H,3,12-14H2,1-2H3. The molecule has 3 rings (SSSR count). The summed E-state index contributed by atoms with van der Waals surface area (Å²) in [5.41, 5.74) is 3.21. The lowest BCUT2D eigenvalue weighted by Crippen LogP contribution is -2.21. The highest BCUT2D eigenvalue weighted by molar-refractivity contribution is 7.91. The molecule has 0 amide bonds. The van der Waals surface area contributed by atoms with E-state index in [-0.39, 0.29) is 10.9 Å². The minimum Gasteiger partial charge on any atom is -0.313 e. The van der Waals surface area contributed by atoms with Crippen molar-refractivity contribution in [1.29, 1.82) is 0 Å². The summed E-state index contributed by atoms with van der Waals surface area (Å²) in [4.78, 5) is 6.42. The minimum atomic E-state index is -3.38. The molecule has 0 bridgehead atoms. The number of benzene rings is 1. The van der Waals surface area contributed by atoms with Gasteiger partial charge in [-0.3, -0.25) is 4.90 Å². The van der Waals surface area contributed by atoms with E-state index < -0.39 is 9.84 Å². The summed E-state index contributed by atoms with van der Waals surface area (Å²) in [5, 5.41) is 4.35. The zero-order chi connectivity index (χ0) is 18.6. The van der Waals surface area contributed by atoms with Crippen molar-refractivity contribution in [3.8, 4) is 0 Å². The topological polar surface area (TPSA) is 55.2 Å². The molecule has 0 unspecified atom stereocenters. The number of nitrogens with zero attached hydrogens (tertiary/aromatic N) is 3. The normalized spacial score (nSPS) is 12.0. The van der Waals surface area contributed by atoms with Gasteiger partial charge in [-0.2, -0.15) is 11.3 Å². The second-order valence-corrected chi connectivity index (χ2v) is 9.26. The molecule has 2 heterocycles. The monoisotopic (exact) mass is 389 g/mol. The van der Waals surface area contributed by atoms with Gasteiger partial charge in [-0.15, -0.1) is 0 Å². The Hall–Kier alpha value is -1.96. The summed E-state index contributed by atoms with van der Waals surface area (Å²) in [6.07, 6.45) is 1.69. The van der Waals surface area contributed by atoms with Crippen LogP contribution >= 0.6 is 11.3 Å².